The zero-order valence-corrected chi connectivity index (χ0v) is 10.0. The Kier molecular flexibility index (Phi) is 4.52. The fourth-order valence-electron chi connectivity index (χ4n) is 1.25. The van der Waals surface area contributed by atoms with Crippen molar-refractivity contribution >= 4 is 40.8 Å². The van der Waals surface area contributed by atoms with Gasteiger partial charge in [0.25, 0.3) is 0 Å². The van der Waals surface area contributed by atoms with Crippen molar-refractivity contribution < 1.29 is 14.6 Å². The number of aliphatic carboxylic acids is 1. The summed E-state index contributed by atoms with van der Waals surface area (Å²) in [6.45, 7) is 1.92. The van der Waals surface area contributed by atoms with Gasteiger partial charge in [0.15, 0.2) is 0 Å². The second kappa shape index (κ2) is 5.25. The van der Waals surface area contributed by atoms with Gasteiger partial charge in [0.2, 0.25) is 3.79 Å². The normalized spacial score (nSPS) is 19.1. The van der Waals surface area contributed by atoms with Gasteiger partial charge in [-0.15, -0.1) is 0 Å². The molecular formula is C8H10Cl3NO3. The predicted octanol–water partition coefficient (Wildman–Crippen LogP) is 1.66. The zero-order chi connectivity index (χ0) is 11.5. The van der Waals surface area contributed by atoms with Crippen molar-refractivity contribution in [2.75, 3.05) is 26.3 Å². The Morgan fingerprint density at radius 2 is 1.87 bits per heavy atom. The lowest BCUT2D eigenvalue weighted by Crippen LogP contribution is -2.38. The van der Waals surface area contributed by atoms with E-state index in [2.05, 4.69) is 0 Å². The highest BCUT2D eigenvalue weighted by Crippen LogP contribution is 2.29. The SMILES string of the molecule is O=C(O)/C(=C\C(Cl)(Cl)Cl)N1CCOCC1. The van der Waals surface area contributed by atoms with Crippen molar-refractivity contribution in [3.8, 4) is 0 Å². The lowest BCUT2D eigenvalue weighted by Gasteiger charge is -2.29. The fraction of sp³-hybridized carbons (Fsp3) is 0.625. The molecular weight excluding hydrogens is 264 g/mol. The minimum atomic E-state index is -1.70. The molecule has 15 heavy (non-hydrogen) atoms. The zero-order valence-electron chi connectivity index (χ0n) is 7.75. The molecule has 0 radical (unpaired) electrons. The van der Waals surface area contributed by atoms with Crippen LogP contribution in [0.5, 0.6) is 0 Å². The van der Waals surface area contributed by atoms with E-state index in [1.54, 1.807) is 4.90 Å². The van der Waals surface area contributed by atoms with Crippen LogP contribution >= 0.6 is 34.8 Å². The topological polar surface area (TPSA) is 49.8 Å². The smallest absolute Gasteiger partial charge is 0.351 e. The molecule has 1 aliphatic rings. The molecule has 1 heterocycles. The Labute approximate surface area is 102 Å². The minimum absolute atomic E-state index is 0.00157. The maximum absolute atomic E-state index is 10.9. The molecule has 1 saturated heterocycles. The van der Waals surface area contributed by atoms with E-state index in [1.807, 2.05) is 0 Å². The number of allylic oxidation sites excluding steroid dienone is 1. The van der Waals surface area contributed by atoms with Gasteiger partial charge in [0.05, 0.1) is 13.2 Å². The van der Waals surface area contributed by atoms with E-state index in [1.165, 1.54) is 0 Å². The number of ether oxygens (including phenoxy) is 1. The number of morpholine rings is 1. The van der Waals surface area contributed by atoms with Crippen LogP contribution in [0.15, 0.2) is 11.8 Å². The number of carboxylic acid groups (broad SMARTS) is 1. The molecule has 0 aromatic rings. The average molecular weight is 275 g/mol. The van der Waals surface area contributed by atoms with Crippen molar-refractivity contribution in [3.05, 3.63) is 11.8 Å². The summed E-state index contributed by atoms with van der Waals surface area (Å²) in [5.74, 6) is -1.11. The van der Waals surface area contributed by atoms with Gasteiger partial charge in [-0.1, -0.05) is 34.8 Å². The molecule has 1 aliphatic heterocycles. The van der Waals surface area contributed by atoms with E-state index in [9.17, 15) is 4.79 Å². The van der Waals surface area contributed by atoms with Crippen molar-refractivity contribution in [1.82, 2.24) is 4.90 Å². The highest BCUT2D eigenvalue weighted by atomic mass is 35.6. The van der Waals surface area contributed by atoms with Crippen LogP contribution in [0.25, 0.3) is 0 Å². The molecule has 0 atom stereocenters. The molecule has 86 valence electrons. The molecule has 0 aromatic heterocycles. The maximum Gasteiger partial charge on any atom is 0.351 e. The summed E-state index contributed by atoms with van der Waals surface area (Å²) in [4.78, 5) is 12.6. The van der Waals surface area contributed by atoms with E-state index in [0.29, 0.717) is 26.3 Å². The summed E-state index contributed by atoms with van der Waals surface area (Å²) in [5, 5.41) is 8.96. The molecule has 7 heteroatoms. The Morgan fingerprint density at radius 1 is 1.33 bits per heavy atom. The molecule has 0 amide bonds. The van der Waals surface area contributed by atoms with Crippen LogP contribution in [0.2, 0.25) is 0 Å². The molecule has 1 N–H and O–H groups in total. The predicted molar refractivity (Wildman–Crippen MR) is 58.4 cm³/mol. The third kappa shape index (κ3) is 4.47. The number of hydrogen-bond donors (Lipinski definition) is 1. The Bertz CT molecular complexity index is 269. The number of halogens is 3. The molecule has 0 spiro atoms. The molecule has 1 rings (SSSR count). The fourth-order valence-corrected chi connectivity index (χ4v) is 1.56. The minimum Gasteiger partial charge on any atom is -0.477 e. The van der Waals surface area contributed by atoms with Gasteiger partial charge < -0.3 is 14.7 Å². The Hall–Kier alpha value is -0.160. The van der Waals surface area contributed by atoms with Crippen LogP contribution in [0.1, 0.15) is 0 Å². The summed E-state index contributed by atoms with van der Waals surface area (Å²) >= 11 is 16.6. The van der Waals surface area contributed by atoms with Gasteiger partial charge in [0.1, 0.15) is 5.70 Å². The van der Waals surface area contributed by atoms with Gasteiger partial charge in [-0.05, 0) is 6.08 Å². The van der Waals surface area contributed by atoms with Crippen molar-refractivity contribution in [3.63, 3.8) is 0 Å². The van der Waals surface area contributed by atoms with Gasteiger partial charge in [-0.25, -0.2) is 4.79 Å². The van der Waals surface area contributed by atoms with Gasteiger partial charge in [-0.2, -0.15) is 0 Å². The number of alkyl halides is 3. The third-order valence-corrected chi connectivity index (χ3v) is 2.20. The van der Waals surface area contributed by atoms with Crippen LogP contribution in [-0.2, 0) is 9.53 Å². The summed E-state index contributed by atoms with van der Waals surface area (Å²) in [6, 6.07) is 0. The summed E-state index contributed by atoms with van der Waals surface area (Å²) in [7, 11) is 0. The lowest BCUT2D eigenvalue weighted by molar-refractivity contribution is -0.135. The molecule has 0 aliphatic carbocycles. The van der Waals surface area contributed by atoms with Crippen molar-refractivity contribution in [1.29, 1.82) is 0 Å². The Balaban J connectivity index is 2.82. The van der Waals surface area contributed by atoms with Crippen LogP contribution in [0, 0.1) is 0 Å². The number of carboxylic acids is 1. The molecule has 0 saturated carbocycles. The second-order valence-corrected chi connectivity index (χ2v) is 5.34. The summed E-state index contributed by atoms with van der Waals surface area (Å²) < 4.78 is 3.40. The standard InChI is InChI=1S/C8H10Cl3NO3/c9-8(10,11)5-6(7(13)14)12-1-3-15-4-2-12/h5H,1-4H2,(H,13,14)/b6-5+. The second-order valence-electron chi connectivity index (χ2n) is 2.98. The molecule has 0 bridgehead atoms. The molecule has 1 fully saturated rings. The van der Waals surface area contributed by atoms with Crippen LogP contribution < -0.4 is 0 Å². The van der Waals surface area contributed by atoms with E-state index < -0.39 is 9.76 Å². The van der Waals surface area contributed by atoms with E-state index in [-0.39, 0.29) is 5.70 Å². The first-order valence-corrected chi connectivity index (χ1v) is 5.39. The van der Waals surface area contributed by atoms with Crippen LogP contribution in [0.4, 0.5) is 0 Å². The highest BCUT2D eigenvalue weighted by molar-refractivity contribution is 6.69. The lowest BCUT2D eigenvalue weighted by atomic mass is 10.3. The average Bonchev–Trinajstić information content (AvgIpc) is 2.14. The third-order valence-electron chi connectivity index (χ3n) is 1.87. The van der Waals surface area contributed by atoms with Gasteiger partial charge in [0, 0.05) is 13.1 Å². The quantitative estimate of drug-likeness (QED) is 0.614. The van der Waals surface area contributed by atoms with E-state index in [0.717, 1.165) is 6.08 Å². The van der Waals surface area contributed by atoms with Gasteiger partial charge in [-0.3, -0.25) is 0 Å². The summed E-state index contributed by atoms with van der Waals surface area (Å²) in [6.07, 6.45) is 1.10. The number of nitrogens with zero attached hydrogens (tertiary/aromatic N) is 1. The largest absolute Gasteiger partial charge is 0.477 e. The molecule has 0 unspecified atom stereocenters. The maximum atomic E-state index is 10.9. The van der Waals surface area contributed by atoms with Gasteiger partial charge >= 0.3 is 5.97 Å². The van der Waals surface area contributed by atoms with Crippen LogP contribution in [-0.4, -0.2) is 46.1 Å². The Morgan fingerprint density at radius 3 is 2.27 bits per heavy atom. The molecule has 4 nitrogen and oxygen atoms in total. The first-order valence-electron chi connectivity index (χ1n) is 4.26. The molecule has 0 aromatic carbocycles. The highest BCUT2D eigenvalue weighted by Gasteiger charge is 2.25. The number of carbonyl (C=O) groups is 1. The van der Waals surface area contributed by atoms with Crippen molar-refractivity contribution in [2.24, 2.45) is 0 Å². The van der Waals surface area contributed by atoms with E-state index in [4.69, 9.17) is 44.6 Å². The van der Waals surface area contributed by atoms with E-state index >= 15 is 0 Å². The summed E-state index contributed by atoms with van der Waals surface area (Å²) in [5.41, 5.74) is -0.00157. The van der Waals surface area contributed by atoms with Crippen molar-refractivity contribution in [2.45, 2.75) is 3.79 Å². The first-order chi connectivity index (χ1) is 6.90. The van der Waals surface area contributed by atoms with Crippen LogP contribution in [0.3, 0.4) is 0 Å². The number of hydrogen-bond acceptors (Lipinski definition) is 3. The monoisotopic (exact) mass is 273 g/mol. The first kappa shape index (κ1) is 12.9. The number of rotatable bonds is 2.